The highest BCUT2D eigenvalue weighted by molar-refractivity contribution is 7.99. The van der Waals surface area contributed by atoms with Crippen molar-refractivity contribution in [2.24, 2.45) is 5.92 Å². The van der Waals surface area contributed by atoms with E-state index in [1.165, 1.54) is 17.9 Å². The van der Waals surface area contributed by atoms with Crippen LogP contribution in [0.15, 0.2) is 12.1 Å². The van der Waals surface area contributed by atoms with Crippen LogP contribution in [0.2, 0.25) is 10.0 Å². The zero-order chi connectivity index (χ0) is 11.5. The van der Waals surface area contributed by atoms with Gasteiger partial charge in [0, 0.05) is 11.6 Å². The second-order valence-corrected chi connectivity index (χ2v) is 6.16. The molecule has 1 aromatic carbocycles. The van der Waals surface area contributed by atoms with E-state index in [1.54, 1.807) is 0 Å². The van der Waals surface area contributed by atoms with Crippen LogP contribution in [0.1, 0.15) is 12.0 Å². The van der Waals surface area contributed by atoms with Crippen molar-refractivity contribution in [3.05, 3.63) is 27.7 Å². The molecule has 4 heteroatoms. The van der Waals surface area contributed by atoms with E-state index in [4.69, 9.17) is 23.2 Å². The van der Waals surface area contributed by atoms with Gasteiger partial charge in [-0.25, -0.2) is 0 Å². The summed E-state index contributed by atoms with van der Waals surface area (Å²) in [6, 6.07) is 3.83. The lowest BCUT2D eigenvalue weighted by molar-refractivity contribution is 0.632. The highest BCUT2D eigenvalue weighted by Crippen LogP contribution is 2.30. The Hall–Kier alpha value is -0.0500. The summed E-state index contributed by atoms with van der Waals surface area (Å²) < 4.78 is 0. The van der Waals surface area contributed by atoms with Crippen molar-refractivity contribution in [3.8, 4) is 0 Å². The number of anilines is 1. The zero-order valence-corrected chi connectivity index (χ0v) is 11.6. The summed E-state index contributed by atoms with van der Waals surface area (Å²) in [5, 5.41) is 4.92. The third kappa shape index (κ3) is 2.99. The quantitative estimate of drug-likeness (QED) is 0.874. The van der Waals surface area contributed by atoms with Crippen molar-refractivity contribution in [2.75, 3.05) is 23.4 Å². The van der Waals surface area contributed by atoms with Crippen LogP contribution >= 0.6 is 35.0 Å². The van der Waals surface area contributed by atoms with Crippen molar-refractivity contribution in [1.29, 1.82) is 0 Å². The summed E-state index contributed by atoms with van der Waals surface area (Å²) in [5.74, 6) is 3.31. The SMILES string of the molecule is Cc1cc(Cl)c(NCC2CCSC2)cc1Cl. The third-order valence-electron chi connectivity index (χ3n) is 2.85. The molecule has 1 saturated heterocycles. The Morgan fingerprint density at radius 1 is 1.38 bits per heavy atom. The average Bonchev–Trinajstić information content (AvgIpc) is 2.74. The summed E-state index contributed by atoms with van der Waals surface area (Å²) in [6.45, 7) is 2.96. The van der Waals surface area contributed by atoms with Crippen LogP contribution in [0, 0.1) is 12.8 Å². The molecule has 0 spiro atoms. The Balaban J connectivity index is 2.00. The molecular formula is C12H15Cl2NS. The summed E-state index contributed by atoms with van der Waals surface area (Å²) in [4.78, 5) is 0. The van der Waals surface area contributed by atoms with Gasteiger partial charge in [-0.15, -0.1) is 0 Å². The molecule has 16 heavy (non-hydrogen) atoms. The highest BCUT2D eigenvalue weighted by atomic mass is 35.5. The number of hydrogen-bond acceptors (Lipinski definition) is 2. The number of halogens is 2. The van der Waals surface area contributed by atoms with Gasteiger partial charge in [0.05, 0.1) is 10.7 Å². The van der Waals surface area contributed by atoms with Gasteiger partial charge in [0.1, 0.15) is 0 Å². The van der Waals surface area contributed by atoms with Gasteiger partial charge >= 0.3 is 0 Å². The van der Waals surface area contributed by atoms with Gasteiger partial charge < -0.3 is 5.32 Å². The van der Waals surface area contributed by atoms with Crippen molar-refractivity contribution in [3.63, 3.8) is 0 Å². The minimum absolute atomic E-state index is 0.757. The predicted molar refractivity (Wildman–Crippen MR) is 75.1 cm³/mol. The summed E-state index contributed by atoms with van der Waals surface area (Å²) in [5.41, 5.74) is 1.97. The minimum Gasteiger partial charge on any atom is -0.383 e. The molecule has 1 atom stereocenters. The Labute approximate surface area is 111 Å². The molecule has 2 rings (SSSR count). The Morgan fingerprint density at radius 2 is 2.19 bits per heavy atom. The Kier molecular flexibility index (Phi) is 4.28. The molecule has 1 aliphatic rings. The molecule has 0 radical (unpaired) electrons. The first-order chi connectivity index (χ1) is 7.66. The van der Waals surface area contributed by atoms with E-state index in [0.29, 0.717) is 0 Å². The largest absolute Gasteiger partial charge is 0.383 e. The van der Waals surface area contributed by atoms with Crippen LogP contribution in [0.3, 0.4) is 0 Å². The predicted octanol–water partition coefficient (Wildman–Crippen LogP) is 4.47. The van der Waals surface area contributed by atoms with Crippen molar-refractivity contribution >= 4 is 40.7 Å². The summed E-state index contributed by atoms with van der Waals surface area (Å²) in [7, 11) is 0. The van der Waals surface area contributed by atoms with Crippen molar-refractivity contribution in [1.82, 2.24) is 0 Å². The molecule has 88 valence electrons. The molecule has 1 N–H and O–H groups in total. The number of benzene rings is 1. The van der Waals surface area contributed by atoms with E-state index in [0.717, 1.165) is 33.8 Å². The lowest BCUT2D eigenvalue weighted by Gasteiger charge is -2.13. The number of rotatable bonds is 3. The van der Waals surface area contributed by atoms with Crippen molar-refractivity contribution in [2.45, 2.75) is 13.3 Å². The summed E-state index contributed by atoms with van der Waals surface area (Å²) in [6.07, 6.45) is 1.30. The fourth-order valence-electron chi connectivity index (χ4n) is 1.78. The molecule has 1 aromatic rings. The van der Waals surface area contributed by atoms with Crippen LogP contribution in [0.25, 0.3) is 0 Å². The maximum atomic E-state index is 6.16. The Morgan fingerprint density at radius 3 is 2.88 bits per heavy atom. The van der Waals surface area contributed by atoms with Gasteiger partial charge in [0.2, 0.25) is 0 Å². The molecule has 1 aliphatic heterocycles. The number of aryl methyl sites for hydroxylation is 1. The molecule has 0 aliphatic carbocycles. The molecular weight excluding hydrogens is 261 g/mol. The van der Waals surface area contributed by atoms with E-state index < -0.39 is 0 Å². The first-order valence-corrected chi connectivity index (χ1v) is 7.35. The Bertz CT molecular complexity index is 376. The van der Waals surface area contributed by atoms with Crippen molar-refractivity contribution < 1.29 is 0 Å². The molecule has 1 heterocycles. The number of hydrogen-bond donors (Lipinski definition) is 1. The topological polar surface area (TPSA) is 12.0 Å². The van der Waals surface area contributed by atoms with Crippen LogP contribution in [0.4, 0.5) is 5.69 Å². The second kappa shape index (κ2) is 5.52. The van der Waals surface area contributed by atoms with Gasteiger partial charge in [-0.05, 0) is 48.5 Å². The van der Waals surface area contributed by atoms with Gasteiger partial charge in [-0.3, -0.25) is 0 Å². The second-order valence-electron chi connectivity index (χ2n) is 4.19. The zero-order valence-electron chi connectivity index (χ0n) is 9.22. The van der Waals surface area contributed by atoms with Crippen LogP contribution in [0.5, 0.6) is 0 Å². The average molecular weight is 276 g/mol. The lowest BCUT2D eigenvalue weighted by atomic mass is 10.1. The number of nitrogens with one attached hydrogen (secondary N) is 1. The summed E-state index contributed by atoms with van der Waals surface area (Å²) >= 11 is 14.3. The minimum atomic E-state index is 0.757. The molecule has 0 aromatic heterocycles. The van der Waals surface area contributed by atoms with E-state index in [-0.39, 0.29) is 0 Å². The molecule has 1 unspecified atom stereocenters. The lowest BCUT2D eigenvalue weighted by Crippen LogP contribution is -2.13. The van der Waals surface area contributed by atoms with Gasteiger partial charge in [0.15, 0.2) is 0 Å². The molecule has 0 bridgehead atoms. The first kappa shape index (κ1) is 12.4. The monoisotopic (exact) mass is 275 g/mol. The van der Waals surface area contributed by atoms with Crippen LogP contribution in [-0.4, -0.2) is 18.1 Å². The number of thioether (sulfide) groups is 1. The van der Waals surface area contributed by atoms with E-state index in [9.17, 15) is 0 Å². The fourth-order valence-corrected chi connectivity index (χ4v) is 3.51. The van der Waals surface area contributed by atoms with Gasteiger partial charge in [-0.2, -0.15) is 11.8 Å². The highest BCUT2D eigenvalue weighted by Gasteiger charge is 2.15. The molecule has 0 amide bonds. The van der Waals surface area contributed by atoms with E-state index in [2.05, 4.69) is 5.32 Å². The van der Waals surface area contributed by atoms with Gasteiger partial charge in [-0.1, -0.05) is 23.2 Å². The van der Waals surface area contributed by atoms with Crippen LogP contribution in [-0.2, 0) is 0 Å². The maximum absolute atomic E-state index is 6.16. The molecule has 1 fully saturated rings. The maximum Gasteiger partial charge on any atom is 0.0641 e. The van der Waals surface area contributed by atoms with Gasteiger partial charge in [0.25, 0.3) is 0 Å². The van der Waals surface area contributed by atoms with E-state index in [1.807, 2.05) is 30.8 Å². The molecule has 0 saturated carbocycles. The third-order valence-corrected chi connectivity index (χ3v) is 4.80. The molecule has 1 nitrogen and oxygen atoms in total. The smallest absolute Gasteiger partial charge is 0.0641 e. The normalized spacial score (nSPS) is 20.1. The van der Waals surface area contributed by atoms with E-state index >= 15 is 0 Å². The fraction of sp³-hybridized carbons (Fsp3) is 0.500. The standard InChI is InChI=1S/C12H15Cl2NS/c1-8-4-11(14)12(5-10(8)13)15-6-9-2-3-16-7-9/h4-5,9,15H,2-3,6-7H2,1H3. The van der Waals surface area contributed by atoms with Crippen LogP contribution < -0.4 is 5.32 Å². The first-order valence-electron chi connectivity index (χ1n) is 5.44.